The molecule has 0 unspecified atom stereocenters. The fourth-order valence-corrected chi connectivity index (χ4v) is 13.4. The van der Waals surface area contributed by atoms with Crippen LogP contribution in [0.5, 0.6) is 5.75 Å². The maximum absolute atomic E-state index is 14.2. The van der Waals surface area contributed by atoms with E-state index in [1.54, 1.807) is 0 Å². The van der Waals surface area contributed by atoms with Gasteiger partial charge in [-0.15, -0.1) is 25.3 Å². The lowest BCUT2D eigenvalue weighted by Gasteiger charge is -2.28. The van der Waals surface area contributed by atoms with Gasteiger partial charge in [0.25, 0.3) is 0 Å². The number of amides is 3. The van der Waals surface area contributed by atoms with E-state index in [1.165, 1.54) is 17.0 Å². The molecule has 109 heavy (non-hydrogen) atoms. The highest BCUT2D eigenvalue weighted by molar-refractivity contribution is 7.85. The number of unbranched alkanes of at least 4 members (excludes halogenated alkanes) is 3. The molecule has 3 amide bonds. The third-order valence-electron chi connectivity index (χ3n) is 18.2. The summed E-state index contributed by atoms with van der Waals surface area (Å²) < 4.78 is 106. The van der Waals surface area contributed by atoms with Crippen LogP contribution in [-0.4, -0.2) is 175 Å². The Bertz CT molecular complexity index is 4280. The van der Waals surface area contributed by atoms with Crippen LogP contribution in [0.4, 0.5) is 16.2 Å². The number of hydrogen-bond acceptors (Lipinski definition) is 22. The van der Waals surface area contributed by atoms with E-state index < -0.39 is 96.1 Å². The predicted octanol–water partition coefficient (Wildman–Crippen LogP) is 8.77. The van der Waals surface area contributed by atoms with Crippen LogP contribution >= 0.6 is 0 Å². The Morgan fingerprint density at radius 3 is 1.92 bits per heavy atom. The average molecular weight is 1570 g/mol. The number of anilines is 1. The van der Waals surface area contributed by atoms with Crippen molar-refractivity contribution in [1.82, 2.24) is 16.0 Å². The SMILES string of the molecule is CCCCC[N+]1=C(C=CC2=C(Oc3ccc(C[C@H](CC(=O)[C@H](Cc4ccccc4)NC(=O)CCOCCOCCCC(=O)CC[C@H](NC(=O)NCCCC(=O)O)C(=O)O)C(=O)O)cc3)C(=CC=C3N(CCCCS(=O)(=O)[O-])c4ccccc4C3(C)C)CCC2)C(C)(C)c2ccccc21.O=C=O.O=S(=O)=O.O=S(=O)=O. The van der Waals surface area contributed by atoms with Gasteiger partial charge in [-0.3, -0.25) is 24.0 Å². The van der Waals surface area contributed by atoms with Gasteiger partial charge in [0.15, 0.2) is 11.5 Å². The third-order valence-corrected chi connectivity index (χ3v) is 18.9. The van der Waals surface area contributed by atoms with Crippen molar-refractivity contribution in [3.05, 3.63) is 172 Å². The van der Waals surface area contributed by atoms with E-state index in [9.17, 15) is 56.7 Å². The molecule has 4 aromatic carbocycles. The number of ketones is 2. The van der Waals surface area contributed by atoms with Gasteiger partial charge in [0.05, 0.1) is 47.3 Å². The topological polar surface area (TPSA) is 444 Å². The molecule has 7 rings (SSSR count). The molecular formula is C77H97N5O24S3. The minimum Gasteiger partial charge on any atom is -0.748 e. The number of urea groups is 1. The summed E-state index contributed by atoms with van der Waals surface area (Å²) in [4.78, 5) is 106. The molecule has 0 aromatic heterocycles. The van der Waals surface area contributed by atoms with Gasteiger partial charge in [0.1, 0.15) is 29.9 Å². The molecule has 0 saturated heterocycles. The van der Waals surface area contributed by atoms with E-state index in [4.69, 9.17) is 54.2 Å². The van der Waals surface area contributed by atoms with Crippen molar-refractivity contribution in [2.24, 2.45) is 5.92 Å². The van der Waals surface area contributed by atoms with Gasteiger partial charge in [0, 0.05) is 98.5 Å². The van der Waals surface area contributed by atoms with Gasteiger partial charge in [-0.1, -0.05) is 112 Å². The quantitative estimate of drug-likeness (QED) is 0.0137. The van der Waals surface area contributed by atoms with Gasteiger partial charge in [-0.05, 0) is 143 Å². The lowest BCUT2D eigenvalue weighted by atomic mass is 9.81. The Hall–Kier alpha value is -9.95. The Morgan fingerprint density at radius 2 is 1.28 bits per heavy atom. The van der Waals surface area contributed by atoms with E-state index in [2.05, 4.69) is 121 Å². The number of nitrogens with one attached hydrogen (secondary N) is 3. The summed E-state index contributed by atoms with van der Waals surface area (Å²) in [5.41, 5.74) is 9.63. The number of para-hydroxylation sites is 2. The molecule has 2 aliphatic heterocycles. The third kappa shape index (κ3) is 32.4. The molecule has 1 aliphatic carbocycles. The van der Waals surface area contributed by atoms with Crippen molar-refractivity contribution in [2.45, 2.75) is 173 Å². The second-order valence-corrected chi connectivity index (χ2v) is 29.2. The molecule has 0 radical (unpaired) electrons. The highest BCUT2D eigenvalue weighted by atomic mass is 32.2. The molecule has 4 aromatic rings. The summed E-state index contributed by atoms with van der Waals surface area (Å²) in [5, 5.41) is 36.4. The molecule has 0 fully saturated rings. The van der Waals surface area contributed by atoms with Crippen LogP contribution in [0, 0.1) is 5.92 Å². The number of fused-ring (bicyclic) bond motifs is 2. The standard InChI is InChI=1S/C76H97N5O16S.CO2.2O3S/c1-6-7-15-43-80-64-28-13-11-26-60(64)75(2,3)67(80)39-33-55-23-18-24-56(34-40-68-76(4,5)61-27-12-14-29-65(61)81(68)44-16-17-49-98(92,93)94)71(55)97-59-36-31-54(32-37-59)50-57(72(87)88)52-66(83)63(51-53-21-9-8-10-22-53)78-69(84)41-46-96-48-47-95-45-20-25-58(82)35-38-62(73(89)90)79-74(91)77-42-19-30-70(85)86;2-1-3;2*1-4(2)3/h8-14,21-22,26-29,31-34,36-37,39-40,57,62-63H,6-7,15-20,23-25,30,35,38,41-52H2,1-5H3,(H6-,77,78,79,84,85,86,87,88,89,90,91,92,93,94);;;/t57-,62+,63+;;;/m1.../s1. The highest BCUT2D eigenvalue weighted by Crippen LogP contribution is 2.48. The van der Waals surface area contributed by atoms with Crippen LogP contribution in [0.15, 0.2) is 150 Å². The molecule has 3 aliphatic rings. The van der Waals surface area contributed by atoms with Crippen molar-refractivity contribution in [3.8, 4) is 5.75 Å². The molecule has 0 saturated carbocycles. The van der Waals surface area contributed by atoms with E-state index in [0.717, 1.165) is 78.7 Å². The Labute approximate surface area is 637 Å². The van der Waals surface area contributed by atoms with E-state index in [-0.39, 0.29) is 115 Å². The minimum absolute atomic E-state index is 0.00311. The number of carboxylic acid groups (broad SMARTS) is 3. The smallest absolute Gasteiger partial charge is 0.425 e. The first kappa shape index (κ1) is 91.4. The van der Waals surface area contributed by atoms with Crippen LogP contribution in [0.1, 0.15) is 160 Å². The summed E-state index contributed by atoms with van der Waals surface area (Å²) in [5.74, 6) is -4.92. The fraction of sp³-hybridized carbons (Fsp3) is 0.468. The fourth-order valence-electron chi connectivity index (χ4n) is 12.8. The Morgan fingerprint density at radius 1 is 0.661 bits per heavy atom. The summed E-state index contributed by atoms with van der Waals surface area (Å²) in [6.45, 7) is 13.1. The second kappa shape index (κ2) is 47.1. The second-order valence-electron chi connectivity index (χ2n) is 26.8. The molecule has 0 spiro atoms. The number of Topliss-reactive ketones (excluding diaryl/α,β-unsaturated/α-hetero) is 2. The lowest BCUT2D eigenvalue weighted by Crippen LogP contribution is -2.46. The van der Waals surface area contributed by atoms with Gasteiger partial charge < -0.3 is 54.9 Å². The number of aliphatic carboxylic acids is 3. The first-order valence-electron chi connectivity index (χ1n) is 35.7. The van der Waals surface area contributed by atoms with Crippen LogP contribution in [0.25, 0.3) is 0 Å². The summed E-state index contributed by atoms with van der Waals surface area (Å²) >= 11 is 0. The summed E-state index contributed by atoms with van der Waals surface area (Å²) in [6.07, 6.45) is 15.3. The molecule has 32 heteroatoms. The van der Waals surface area contributed by atoms with Gasteiger partial charge in [0.2, 0.25) is 11.6 Å². The molecule has 6 N–H and O–H groups in total. The van der Waals surface area contributed by atoms with Crippen LogP contribution in [0.3, 0.4) is 0 Å². The van der Waals surface area contributed by atoms with E-state index in [0.29, 0.717) is 36.5 Å². The largest absolute Gasteiger partial charge is 0.748 e. The maximum atomic E-state index is 14.2. The predicted molar refractivity (Wildman–Crippen MR) is 398 cm³/mol. The summed E-state index contributed by atoms with van der Waals surface area (Å²) in [6, 6.07) is 30.1. The summed E-state index contributed by atoms with van der Waals surface area (Å²) in [7, 11) is -10.6. The number of ether oxygens (including phenoxy) is 3. The van der Waals surface area contributed by atoms with Crippen LogP contribution in [0.2, 0.25) is 0 Å². The zero-order valence-corrected chi connectivity index (χ0v) is 64.2. The minimum atomic E-state index is -4.36. The Balaban J connectivity index is 0.00000213. The molecular weight excluding hydrogens is 1480 g/mol. The number of allylic oxidation sites excluding steroid dienone is 7. The Kier molecular flexibility index (Phi) is 39.5. The van der Waals surface area contributed by atoms with Gasteiger partial charge in [-0.25, -0.2) is 18.0 Å². The normalized spacial score (nSPS) is 15.4. The van der Waals surface area contributed by atoms with Crippen molar-refractivity contribution in [3.63, 3.8) is 0 Å². The average Bonchev–Trinajstić information content (AvgIpc) is 1.60. The number of benzene rings is 4. The van der Waals surface area contributed by atoms with E-state index in [1.807, 2.05) is 66.7 Å². The molecule has 29 nitrogen and oxygen atoms in total. The first-order chi connectivity index (χ1) is 51.7. The van der Waals surface area contributed by atoms with Crippen molar-refractivity contribution >= 4 is 96.0 Å². The zero-order chi connectivity index (χ0) is 80.7. The molecule has 592 valence electrons. The number of nitrogens with zero attached hydrogens (tertiary/aromatic N) is 2. The number of carbonyl (C=O) groups is 7. The van der Waals surface area contributed by atoms with Crippen LogP contribution in [-0.2, 0) is 103 Å². The van der Waals surface area contributed by atoms with Gasteiger partial charge in [-0.2, -0.15) is 14.2 Å². The zero-order valence-electron chi connectivity index (χ0n) is 61.8. The molecule has 0 bridgehead atoms. The van der Waals surface area contributed by atoms with Crippen molar-refractivity contribution in [2.75, 3.05) is 56.7 Å². The van der Waals surface area contributed by atoms with E-state index >= 15 is 0 Å². The number of rotatable bonds is 42. The van der Waals surface area contributed by atoms with Gasteiger partial charge >= 0.3 is 51.3 Å². The number of carbonyl (C=O) groups excluding carboxylic acids is 6. The lowest BCUT2D eigenvalue weighted by molar-refractivity contribution is -0.438. The number of carboxylic acids is 3. The van der Waals surface area contributed by atoms with Crippen LogP contribution < -0.4 is 25.6 Å². The molecule has 2 heterocycles. The molecule has 3 atom stereocenters. The highest BCUT2D eigenvalue weighted by Gasteiger charge is 2.44. The maximum Gasteiger partial charge on any atom is 0.425 e. The van der Waals surface area contributed by atoms with Crippen molar-refractivity contribution in [1.29, 1.82) is 0 Å². The van der Waals surface area contributed by atoms with Crippen molar-refractivity contribution < 1.29 is 115 Å². The first-order valence-corrected chi connectivity index (χ1v) is 39.2. The number of hydrogen-bond donors (Lipinski definition) is 6. The monoisotopic (exact) mass is 1570 g/mol.